The summed E-state index contributed by atoms with van der Waals surface area (Å²) in [4.78, 5) is 11.7. The minimum Gasteiger partial charge on any atom is -0.387 e. The van der Waals surface area contributed by atoms with E-state index in [0.29, 0.717) is 0 Å². The minimum absolute atomic E-state index is 0.125. The first-order valence-corrected chi connectivity index (χ1v) is 6.29. The van der Waals surface area contributed by atoms with Crippen LogP contribution in [0, 0.1) is 0 Å². The molecule has 0 saturated carbocycles. The summed E-state index contributed by atoms with van der Waals surface area (Å²) in [5, 5.41) is 19.9. The van der Waals surface area contributed by atoms with Crippen LogP contribution < -0.4 is 5.73 Å². The van der Waals surface area contributed by atoms with E-state index in [9.17, 15) is 19.0 Å². The molecule has 21 heavy (non-hydrogen) atoms. The van der Waals surface area contributed by atoms with Crippen LogP contribution in [0.1, 0.15) is 12.5 Å². The molecule has 2 heterocycles. The highest BCUT2D eigenvalue weighted by atomic mass is 19.1. The Morgan fingerprint density at radius 3 is 2.76 bits per heavy atom. The van der Waals surface area contributed by atoms with E-state index in [1.807, 2.05) is 0 Å². The molecule has 4 N–H and O–H groups in total. The third-order valence-corrected chi connectivity index (χ3v) is 3.62. The summed E-state index contributed by atoms with van der Waals surface area (Å²) in [6, 6.07) is -1.21. The molecule has 0 aromatic carbocycles. The lowest BCUT2D eigenvalue weighted by atomic mass is 10.1. The second kappa shape index (κ2) is 5.01. The average molecular weight is 297 g/mol. The lowest BCUT2D eigenvalue weighted by molar-refractivity contribution is 0.0283. The van der Waals surface area contributed by atoms with E-state index < -0.39 is 30.8 Å². The lowest BCUT2D eigenvalue weighted by Gasteiger charge is -2.18. The van der Waals surface area contributed by atoms with Gasteiger partial charge < -0.3 is 20.5 Å². The van der Waals surface area contributed by atoms with Gasteiger partial charge in [0.2, 0.25) is 0 Å². The molecule has 0 saturated heterocycles. The van der Waals surface area contributed by atoms with Crippen molar-refractivity contribution >= 4 is 17.0 Å². The zero-order valence-electron chi connectivity index (χ0n) is 10.8. The molecule has 0 fully saturated rings. The first kappa shape index (κ1) is 13.8. The first-order chi connectivity index (χ1) is 10.1. The Hall–Kier alpha value is -2.13. The number of aliphatic hydroxyl groups excluding tert-OH is 2. The van der Waals surface area contributed by atoms with Gasteiger partial charge in [-0.3, -0.25) is 4.39 Å². The Labute approximate surface area is 117 Å². The molecule has 112 valence electrons. The number of fused-ring (bicyclic) bond motifs is 1. The molecular weight excluding hydrogens is 284 g/mol. The summed E-state index contributed by atoms with van der Waals surface area (Å²) < 4.78 is 28.1. The molecule has 2 aromatic rings. The van der Waals surface area contributed by atoms with Gasteiger partial charge in [-0.1, -0.05) is 0 Å². The van der Waals surface area contributed by atoms with E-state index in [2.05, 4.69) is 15.0 Å². The predicted octanol–water partition coefficient (Wildman–Crippen LogP) is 0.268. The fourth-order valence-corrected chi connectivity index (χ4v) is 2.59. The Morgan fingerprint density at radius 1 is 1.29 bits per heavy atom. The number of imidazole rings is 1. The van der Waals surface area contributed by atoms with E-state index in [4.69, 9.17) is 5.73 Å². The van der Waals surface area contributed by atoms with Gasteiger partial charge in [0, 0.05) is 6.42 Å². The van der Waals surface area contributed by atoms with Gasteiger partial charge in [-0.15, -0.1) is 0 Å². The lowest BCUT2D eigenvalue weighted by Crippen LogP contribution is -2.30. The maximum absolute atomic E-state index is 14.4. The van der Waals surface area contributed by atoms with Gasteiger partial charge in [0.25, 0.3) is 0 Å². The maximum atomic E-state index is 14.4. The number of nitrogen functional groups attached to an aromatic ring is 1. The molecule has 1 aliphatic carbocycles. The van der Waals surface area contributed by atoms with E-state index >= 15 is 0 Å². The summed E-state index contributed by atoms with van der Waals surface area (Å²) in [6.07, 6.45) is -0.724. The van der Waals surface area contributed by atoms with Crippen LogP contribution in [0.5, 0.6) is 0 Å². The third-order valence-electron chi connectivity index (χ3n) is 3.62. The topological polar surface area (TPSA) is 110 Å². The predicted molar refractivity (Wildman–Crippen MR) is 69.5 cm³/mol. The fraction of sp³-hybridized carbons (Fsp3) is 0.417. The number of halogens is 2. The maximum Gasteiger partial charge on any atom is 0.166 e. The highest BCUT2D eigenvalue weighted by Crippen LogP contribution is 2.40. The van der Waals surface area contributed by atoms with Gasteiger partial charge in [-0.25, -0.2) is 19.3 Å². The van der Waals surface area contributed by atoms with Gasteiger partial charge in [-0.2, -0.15) is 0 Å². The second-order valence-corrected chi connectivity index (χ2v) is 4.78. The normalized spacial score (nSPS) is 26.0. The fourth-order valence-electron chi connectivity index (χ4n) is 2.59. The molecule has 3 unspecified atom stereocenters. The summed E-state index contributed by atoms with van der Waals surface area (Å²) in [6.45, 7) is -0.820. The first-order valence-electron chi connectivity index (χ1n) is 6.29. The summed E-state index contributed by atoms with van der Waals surface area (Å²) in [7, 11) is 0. The van der Waals surface area contributed by atoms with E-state index in [1.54, 1.807) is 0 Å². The van der Waals surface area contributed by atoms with Gasteiger partial charge in [0.05, 0.1) is 13.0 Å². The highest BCUT2D eigenvalue weighted by Gasteiger charge is 2.43. The molecule has 0 bridgehead atoms. The van der Waals surface area contributed by atoms with Crippen LogP contribution in [-0.4, -0.2) is 48.6 Å². The smallest absolute Gasteiger partial charge is 0.166 e. The minimum atomic E-state index is -1.46. The van der Waals surface area contributed by atoms with Crippen LogP contribution >= 0.6 is 0 Å². The number of hydrogen-bond donors (Lipinski definition) is 3. The van der Waals surface area contributed by atoms with Crippen molar-refractivity contribution in [2.45, 2.75) is 24.7 Å². The number of rotatable bonds is 3. The van der Waals surface area contributed by atoms with Crippen molar-refractivity contribution in [3.8, 4) is 0 Å². The van der Waals surface area contributed by atoms with Crippen LogP contribution in [0.4, 0.5) is 14.6 Å². The van der Waals surface area contributed by atoms with Crippen molar-refractivity contribution in [3.05, 3.63) is 24.1 Å². The Kier molecular flexibility index (Phi) is 3.30. The van der Waals surface area contributed by atoms with Crippen molar-refractivity contribution in [1.29, 1.82) is 0 Å². The Balaban J connectivity index is 2.12. The van der Waals surface area contributed by atoms with Crippen LogP contribution in [0.25, 0.3) is 11.2 Å². The summed E-state index contributed by atoms with van der Waals surface area (Å²) >= 11 is 0. The SMILES string of the molecule is Nc1ncnc2c1ncn2C1C(F)=C(CCF)C(O)C1O. The van der Waals surface area contributed by atoms with Crippen molar-refractivity contribution in [3.63, 3.8) is 0 Å². The van der Waals surface area contributed by atoms with Gasteiger partial charge in [0.15, 0.2) is 11.5 Å². The molecule has 1 aliphatic rings. The molecule has 7 nitrogen and oxygen atoms in total. The number of nitrogens with two attached hydrogens (primary N) is 1. The van der Waals surface area contributed by atoms with Gasteiger partial charge in [-0.05, 0) is 5.57 Å². The standard InChI is InChI=1S/C12H13F2N5O2/c13-2-1-5-6(14)8(10(21)9(5)20)19-4-18-7-11(15)16-3-17-12(7)19/h3-4,8-10,20-21H,1-2H2,(H2,15,16,17). The van der Waals surface area contributed by atoms with Crippen LogP contribution in [0.15, 0.2) is 24.1 Å². The largest absolute Gasteiger partial charge is 0.387 e. The van der Waals surface area contributed by atoms with E-state index in [0.717, 1.165) is 0 Å². The van der Waals surface area contributed by atoms with Crippen LogP contribution in [0.3, 0.4) is 0 Å². The Morgan fingerprint density at radius 2 is 2.05 bits per heavy atom. The zero-order valence-corrected chi connectivity index (χ0v) is 10.8. The number of alkyl halides is 1. The molecule has 0 spiro atoms. The molecular formula is C12H13F2N5O2. The van der Waals surface area contributed by atoms with E-state index in [-0.39, 0.29) is 29.0 Å². The molecule has 3 atom stereocenters. The number of nitrogens with zero attached hydrogens (tertiary/aromatic N) is 4. The molecule has 0 aliphatic heterocycles. The van der Waals surface area contributed by atoms with E-state index in [1.165, 1.54) is 17.2 Å². The van der Waals surface area contributed by atoms with Gasteiger partial charge in [0.1, 0.15) is 35.9 Å². The molecule has 0 amide bonds. The molecule has 2 aromatic heterocycles. The third kappa shape index (κ3) is 1.96. The summed E-state index contributed by atoms with van der Waals surface area (Å²) in [5.41, 5.74) is 6.01. The molecule has 9 heteroatoms. The second-order valence-electron chi connectivity index (χ2n) is 4.78. The zero-order chi connectivity index (χ0) is 15.1. The van der Waals surface area contributed by atoms with Crippen LogP contribution in [0.2, 0.25) is 0 Å². The summed E-state index contributed by atoms with van der Waals surface area (Å²) in [5.74, 6) is -0.649. The number of anilines is 1. The monoisotopic (exact) mass is 297 g/mol. The van der Waals surface area contributed by atoms with Crippen LogP contribution in [-0.2, 0) is 0 Å². The molecule has 0 radical (unpaired) electrons. The Bertz CT molecular complexity index is 717. The molecule has 3 rings (SSSR count). The number of aromatic nitrogens is 4. The quantitative estimate of drug-likeness (QED) is 0.750. The number of aliphatic hydroxyl groups is 2. The highest BCUT2D eigenvalue weighted by molar-refractivity contribution is 5.81. The van der Waals surface area contributed by atoms with Crippen molar-refractivity contribution in [2.75, 3.05) is 12.4 Å². The van der Waals surface area contributed by atoms with Gasteiger partial charge >= 0.3 is 0 Å². The number of hydrogen-bond acceptors (Lipinski definition) is 6. The van der Waals surface area contributed by atoms with Crippen molar-refractivity contribution in [1.82, 2.24) is 19.5 Å². The van der Waals surface area contributed by atoms with Crippen molar-refractivity contribution < 1.29 is 19.0 Å². The average Bonchev–Trinajstić information content (AvgIpc) is 2.96. The van der Waals surface area contributed by atoms with Crippen molar-refractivity contribution in [2.24, 2.45) is 0 Å².